The molecule has 2 amide bonds. The predicted octanol–water partition coefficient (Wildman–Crippen LogP) is 4.82. The molecule has 0 atom stereocenters. The van der Waals surface area contributed by atoms with Crippen molar-refractivity contribution in [1.82, 2.24) is 0 Å². The highest BCUT2D eigenvalue weighted by atomic mass is 16.5. The van der Waals surface area contributed by atoms with Crippen molar-refractivity contribution >= 4 is 23.2 Å². The van der Waals surface area contributed by atoms with Crippen molar-refractivity contribution in [2.45, 2.75) is 27.2 Å². The van der Waals surface area contributed by atoms with E-state index in [-0.39, 0.29) is 25.0 Å². The Morgan fingerprint density at radius 1 is 1.03 bits per heavy atom. The van der Waals surface area contributed by atoms with Crippen LogP contribution in [0.3, 0.4) is 0 Å². The maximum absolute atomic E-state index is 12.6. The van der Waals surface area contributed by atoms with Gasteiger partial charge in [0, 0.05) is 12.2 Å². The number of rotatable bonds is 9. The summed E-state index contributed by atoms with van der Waals surface area (Å²) >= 11 is 0. The number of fused-ring (bicyclic) bond motifs is 1. The number of nitrogens with zero attached hydrogens (tertiary/aromatic N) is 1. The van der Waals surface area contributed by atoms with E-state index in [1.165, 1.54) is 5.56 Å². The summed E-state index contributed by atoms with van der Waals surface area (Å²) in [4.78, 5) is 26.7. The van der Waals surface area contributed by atoms with E-state index in [4.69, 9.17) is 14.2 Å². The fraction of sp³-hybridized carbons (Fsp3) is 0.286. The Morgan fingerprint density at radius 2 is 1.83 bits per heavy atom. The summed E-state index contributed by atoms with van der Waals surface area (Å²) < 4.78 is 17.1. The first kappa shape index (κ1) is 24.1. The third kappa shape index (κ3) is 6.12. The van der Waals surface area contributed by atoms with E-state index in [1.54, 1.807) is 23.1 Å². The third-order valence-corrected chi connectivity index (χ3v) is 5.92. The van der Waals surface area contributed by atoms with Gasteiger partial charge in [-0.25, -0.2) is 0 Å². The molecule has 0 aromatic heterocycles. The molecule has 0 spiro atoms. The van der Waals surface area contributed by atoms with Gasteiger partial charge in [-0.1, -0.05) is 29.8 Å². The first-order valence-corrected chi connectivity index (χ1v) is 11.7. The van der Waals surface area contributed by atoms with Crippen molar-refractivity contribution < 1.29 is 23.8 Å². The van der Waals surface area contributed by atoms with Crippen LogP contribution < -0.4 is 24.4 Å². The fourth-order valence-corrected chi connectivity index (χ4v) is 3.79. The van der Waals surface area contributed by atoms with E-state index in [0.29, 0.717) is 42.4 Å². The molecule has 1 aliphatic rings. The van der Waals surface area contributed by atoms with Gasteiger partial charge in [-0.15, -0.1) is 0 Å². The number of ether oxygens (including phenoxy) is 3. The number of carbonyl (C=O) groups excluding carboxylic acids is 2. The minimum atomic E-state index is -0.285. The highest BCUT2D eigenvalue weighted by Gasteiger charge is 2.25. The Hall–Kier alpha value is -4.00. The molecule has 1 aliphatic heterocycles. The topological polar surface area (TPSA) is 77.1 Å². The van der Waals surface area contributed by atoms with Gasteiger partial charge in [0.15, 0.2) is 13.2 Å². The van der Waals surface area contributed by atoms with Crippen LogP contribution in [0.25, 0.3) is 0 Å². The molecule has 7 nitrogen and oxygen atoms in total. The van der Waals surface area contributed by atoms with Crippen molar-refractivity contribution in [2.75, 3.05) is 36.6 Å². The standard InChI is InChI=1S/C28H30N2O5/c1-19-8-11-23(12-9-19)33-15-5-14-30-24-16-22(10-13-26(24)35-18-28(30)32)29-27(31)17-34-25-7-4-6-20(2)21(25)3/h4,6-13,16H,5,14-15,17-18H2,1-3H3,(H,29,31). The van der Waals surface area contributed by atoms with Gasteiger partial charge in [0.05, 0.1) is 12.3 Å². The van der Waals surface area contributed by atoms with Crippen LogP contribution in [0.2, 0.25) is 0 Å². The summed E-state index contributed by atoms with van der Waals surface area (Å²) in [6, 6.07) is 18.9. The van der Waals surface area contributed by atoms with Crippen molar-refractivity contribution in [3.63, 3.8) is 0 Å². The SMILES string of the molecule is Cc1ccc(OCCCN2C(=O)COc3ccc(NC(=O)COc4cccc(C)c4C)cc32)cc1. The van der Waals surface area contributed by atoms with Crippen LogP contribution in [-0.4, -0.2) is 38.2 Å². The second kappa shape index (κ2) is 11.0. The molecule has 1 N–H and O–H groups in total. The number of amides is 2. The van der Waals surface area contributed by atoms with Crippen molar-refractivity contribution in [3.8, 4) is 17.2 Å². The monoisotopic (exact) mass is 474 g/mol. The predicted molar refractivity (Wildman–Crippen MR) is 136 cm³/mol. The molecule has 0 radical (unpaired) electrons. The molecule has 4 rings (SSSR count). The van der Waals surface area contributed by atoms with Gasteiger partial charge in [0.2, 0.25) is 0 Å². The van der Waals surface area contributed by atoms with Crippen LogP contribution in [0, 0.1) is 20.8 Å². The van der Waals surface area contributed by atoms with Gasteiger partial charge in [-0.3, -0.25) is 9.59 Å². The molecule has 7 heteroatoms. The summed E-state index contributed by atoms with van der Waals surface area (Å²) in [5.74, 6) is 1.68. The second-order valence-electron chi connectivity index (χ2n) is 8.57. The van der Waals surface area contributed by atoms with E-state index in [0.717, 1.165) is 16.9 Å². The summed E-state index contributed by atoms with van der Waals surface area (Å²) in [7, 11) is 0. The summed E-state index contributed by atoms with van der Waals surface area (Å²) in [6.07, 6.45) is 0.652. The molecule has 0 saturated heterocycles. The number of aryl methyl sites for hydroxylation is 2. The molecule has 1 heterocycles. The maximum atomic E-state index is 12.6. The van der Waals surface area contributed by atoms with Crippen LogP contribution >= 0.6 is 0 Å². The zero-order valence-electron chi connectivity index (χ0n) is 20.3. The molecule has 0 fully saturated rings. The largest absolute Gasteiger partial charge is 0.494 e. The van der Waals surface area contributed by atoms with Crippen LogP contribution in [-0.2, 0) is 9.59 Å². The lowest BCUT2D eigenvalue weighted by Gasteiger charge is -2.30. The molecule has 182 valence electrons. The molecule has 0 unspecified atom stereocenters. The van der Waals surface area contributed by atoms with Gasteiger partial charge in [-0.05, 0) is 74.7 Å². The van der Waals surface area contributed by atoms with Crippen molar-refractivity contribution in [1.29, 1.82) is 0 Å². The molecule has 0 saturated carbocycles. The molecular weight excluding hydrogens is 444 g/mol. The Labute approximate surface area is 205 Å². The molecule has 35 heavy (non-hydrogen) atoms. The normalized spacial score (nSPS) is 12.5. The average molecular weight is 475 g/mol. The smallest absolute Gasteiger partial charge is 0.265 e. The van der Waals surface area contributed by atoms with Gasteiger partial charge in [-0.2, -0.15) is 0 Å². The van der Waals surface area contributed by atoms with Gasteiger partial charge >= 0.3 is 0 Å². The van der Waals surface area contributed by atoms with Crippen molar-refractivity contribution in [3.05, 3.63) is 77.4 Å². The van der Waals surface area contributed by atoms with Gasteiger partial charge < -0.3 is 24.4 Å². The van der Waals surface area contributed by atoms with Crippen LogP contribution in [0.5, 0.6) is 17.2 Å². The minimum Gasteiger partial charge on any atom is -0.494 e. The molecule has 3 aromatic carbocycles. The van der Waals surface area contributed by atoms with E-state index in [1.807, 2.05) is 63.2 Å². The lowest BCUT2D eigenvalue weighted by Crippen LogP contribution is -2.39. The second-order valence-corrected chi connectivity index (χ2v) is 8.57. The zero-order chi connectivity index (χ0) is 24.8. The minimum absolute atomic E-state index is 0.0127. The van der Waals surface area contributed by atoms with E-state index < -0.39 is 0 Å². The molecular formula is C28H30N2O5. The third-order valence-electron chi connectivity index (χ3n) is 5.92. The van der Waals surface area contributed by atoms with E-state index >= 15 is 0 Å². The van der Waals surface area contributed by atoms with Crippen molar-refractivity contribution in [2.24, 2.45) is 0 Å². The quantitative estimate of drug-likeness (QED) is 0.450. The first-order chi connectivity index (χ1) is 16.9. The van der Waals surface area contributed by atoms with Gasteiger partial charge in [0.1, 0.15) is 17.2 Å². The molecule has 0 aliphatic carbocycles. The fourth-order valence-electron chi connectivity index (χ4n) is 3.79. The summed E-state index contributed by atoms with van der Waals surface area (Å²) in [5, 5.41) is 2.84. The number of nitrogens with one attached hydrogen (secondary N) is 1. The zero-order valence-corrected chi connectivity index (χ0v) is 20.3. The van der Waals surface area contributed by atoms with E-state index in [2.05, 4.69) is 5.32 Å². The number of benzene rings is 3. The van der Waals surface area contributed by atoms with Crippen LogP contribution in [0.15, 0.2) is 60.7 Å². The van der Waals surface area contributed by atoms with Crippen LogP contribution in [0.1, 0.15) is 23.1 Å². The first-order valence-electron chi connectivity index (χ1n) is 11.7. The Balaban J connectivity index is 1.35. The molecule has 3 aromatic rings. The summed E-state index contributed by atoms with van der Waals surface area (Å²) in [6.45, 7) is 6.82. The molecule has 0 bridgehead atoms. The maximum Gasteiger partial charge on any atom is 0.265 e. The Kier molecular flexibility index (Phi) is 7.55. The van der Waals surface area contributed by atoms with Gasteiger partial charge in [0.25, 0.3) is 11.8 Å². The number of carbonyl (C=O) groups is 2. The average Bonchev–Trinajstić information content (AvgIpc) is 2.85. The number of anilines is 2. The Morgan fingerprint density at radius 3 is 2.63 bits per heavy atom. The highest BCUT2D eigenvalue weighted by molar-refractivity contribution is 5.99. The highest BCUT2D eigenvalue weighted by Crippen LogP contribution is 2.34. The number of hydrogen-bond donors (Lipinski definition) is 1. The lowest BCUT2D eigenvalue weighted by atomic mass is 10.1. The lowest BCUT2D eigenvalue weighted by molar-refractivity contribution is -0.121. The summed E-state index contributed by atoms with van der Waals surface area (Å²) in [5.41, 5.74) is 4.48. The Bertz CT molecular complexity index is 1210. The number of hydrogen-bond acceptors (Lipinski definition) is 5. The van der Waals surface area contributed by atoms with Crippen LogP contribution in [0.4, 0.5) is 11.4 Å². The van der Waals surface area contributed by atoms with E-state index in [9.17, 15) is 9.59 Å².